The third kappa shape index (κ3) is 3.07. The normalized spacial score (nSPS) is 15.2. The first-order valence-corrected chi connectivity index (χ1v) is 7.32. The van der Waals surface area contributed by atoms with Crippen molar-refractivity contribution in [3.63, 3.8) is 0 Å². The number of ether oxygens (including phenoxy) is 1. The molecule has 1 radical (unpaired) electrons. The molecular weight excluding hydrogens is 321 g/mol. The van der Waals surface area contributed by atoms with Crippen molar-refractivity contribution in [3.8, 4) is 11.5 Å². The number of nitrogens with zero attached hydrogens (tertiary/aromatic N) is 1. The molecule has 0 spiro atoms. The van der Waals surface area contributed by atoms with E-state index in [0.29, 0.717) is 24.4 Å². The number of anilines is 1. The summed E-state index contributed by atoms with van der Waals surface area (Å²) in [5.41, 5.74) is 10.3. The third-order valence-electron chi connectivity index (χ3n) is 3.77. The van der Waals surface area contributed by atoms with Crippen LogP contribution in [0.15, 0.2) is 30.5 Å². The SMILES string of the molecule is NC(=O)C1([CH]c2ccc(Cl)c(Oc3ccc(N)nc3)c2F)CC1. The Morgan fingerprint density at radius 1 is 1.35 bits per heavy atom. The maximum absolute atomic E-state index is 14.7. The molecule has 4 N–H and O–H groups in total. The minimum Gasteiger partial charge on any atom is -0.451 e. The summed E-state index contributed by atoms with van der Waals surface area (Å²) in [5.74, 6) is -0.623. The number of hydrogen-bond acceptors (Lipinski definition) is 4. The molecule has 1 aromatic carbocycles. The molecule has 0 atom stereocenters. The van der Waals surface area contributed by atoms with E-state index in [4.69, 9.17) is 27.8 Å². The van der Waals surface area contributed by atoms with Crippen LogP contribution in [0.1, 0.15) is 18.4 Å². The molecular formula is C16H14ClFN3O2. The number of carbonyl (C=O) groups is 1. The minimum absolute atomic E-state index is 0.111. The lowest BCUT2D eigenvalue weighted by atomic mass is 9.95. The van der Waals surface area contributed by atoms with E-state index in [-0.39, 0.29) is 16.3 Å². The largest absolute Gasteiger partial charge is 0.451 e. The number of amides is 1. The fraction of sp³-hybridized carbons (Fsp3) is 0.188. The fourth-order valence-electron chi connectivity index (χ4n) is 2.22. The zero-order valence-electron chi connectivity index (χ0n) is 12.1. The highest BCUT2D eigenvalue weighted by atomic mass is 35.5. The van der Waals surface area contributed by atoms with Crippen LogP contribution in [-0.4, -0.2) is 10.9 Å². The number of aromatic nitrogens is 1. The molecule has 23 heavy (non-hydrogen) atoms. The van der Waals surface area contributed by atoms with Gasteiger partial charge in [0.2, 0.25) is 5.91 Å². The summed E-state index contributed by atoms with van der Waals surface area (Å²) in [6.07, 6.45) is 4.13. The molecule has 1 aliphatic carbocycles. The molecule has 1 aliphatic rings. The van der Waals surface area contributed by atoms with E-state index >= 15 is 0 Å². The molecule has 1 amide bonds. The van der Waals surface area contributed by atoms with E-state index in [0.717, 1.165) is 0 Å². The van der Waals surface area contributed by atoms with Gasteiger partial charge in [0.1, 0.15) is 11.6 Å². The summed E-state index contributed by atoms with van der Waals surface area (Å²) < 4.78 is 20.2. The van der Waals surface area contributed by atoms with Gasteiger partial charge in [-0.25, -0.2) is 9.37 Å². The van der Waals surface area contributed by atoms with Crippen LogP contribution < -0.4 is 16.2 Å². The number of primary amides is 1. The highest BCUT2D eigenvalue weighted by Crippen LogP contribution is 2.50. The van der Waals surface area contributed by atoms with Crippen LogP contribution in [0.25, 0.3) is 0 Å². The van der Waals surface area contributed by atoms with Gasteiger partial charge in [0.15, 0.2) is 11.6 Å². The van der Waals surface area contributed by atoms with Crippen molar-refractivity contribution >= 4 is 23.3 Å². The van der Waals surface area contributed by atoms with Gasteiger partial charge < -0.3 is 16.2 Å². The number of benzene rings is 1. The molecule has 1 saturated carbocycles. The average Bonchev–Trinajstić information content (AvgIpc) is 3.30. The highest BCUT2D eigenvalue weighted by molar-refractivity contribution is 6.32. The lowest BCUT2D eigenvalue weighted by Crippen LogP contribution is -2.25. The Hall–Kier alpha value is -2.34. The van der Waals surface area contributed by atoms with Crippen molar-refractivity contribution in [2.24, 2.45) is 11.1 Å². The summed E-state index contributed by atoms with van der Waals surface area (Å²) in [6.45, 7) is 0. The van der Waals surface area contributed by atoms with Gasteiger partial charge in [-0.05, 0) is 36.6 Å². The summed E-state index contributed by atoms with van der Waals surface area (Å²) in [4.78, 5) is 15.3. The first kappa shape index (κ1) is 15.6. The summed E-state index contributed by atoms with van der Waals surface area (Å²) in [5, 5.41) is 0.111. The summed E-state index contributed by atoms with van der Waals surface area (Å²) in [7, 11) is 0. The molecule has 119 valence electrons. The molecule has 0 bridgehead atoms. The third-order valence-corrected chi connectivity index (χ3v) is 4.07. The number of nitrogen functional groups attached to an aromatic ring is 1. The van der Waals surface area contributed by atoms with Gasteiger partial charge in [-0.3, -0.25) is 4.79 Å². The quantitative estimate of drug-likeness (QED) is 0.879. The van der Waals surface area contributed by atoms with Crippen LogP contribution >= 0.6 is 11.6 Å². The molecule has 7 heteroatoms. The van der Waals surface area contributed by atoms with Gasteiger partial charge in [-0.1, -0.05) is 17.7 Å². The molecule has 1 heterocycles. The van der Waals surface area contributed by atoms with Crippen LogP contribution in [0, 0.1) is 17.7 Å². The standard InChI is InChI=1S/C16H14ClFN3O2/c17-11-3-1-9(7-16(5-6-16)15(20)22)13(18)14(11)23-10-2-4-12(19)21-8-10/h1-4,7-8H,5-6H2,(H2,19,21)(H2,20,22). The second-order valence-corrected chi connectivity index (χ2v) is 5.87. The monoisotopic (exact) mass is 334 g/mol. The van der Waals surface area contributed by atoms with E-state index in [9.17, 15) is 9.18 Å². The zero-order valence-corrected chi connectivity index (χ0v) is 12.8. The predicted octanol–water partition coefficient (Wildman–Crippen LogP) is 3.07. The van der Waals surface area contributed by atoms with Gasteiger partial charge in [0.25, 0.3) is 0 Å². The van der Waals surface area contributed by atoms with Gasteiger partial charge >= 0.3 is 0 Å². The molecule has 5 nitrogen and oxygen atoms in total. The molecule has 0 unspecified atom stereocenters. The topological polar surface area (TPSA) is 91.2 Å². The Labute approximate surface area is 137 Å². The van der Waals surface area contributed by atoms with Crippen LogP contribution in [0.5, 0.6) is 11.5 Å². The second kappa shape index (κ2) is 5.70. The number of nitrogens with two attached hydrogens (primary N) is 2. The molecule has 1 aromatic heterocycles. The maximum Gasteiger partial charge on any atom is 0.224 e. The van der Waals surface area contributed by atoms with Gasteiger partial charge in [-0.15, -0.1) is 0 Å². The molecule has 0 aliphatic heterocycles. The Morgan fingerprint density at radius 3 is 2.65 bits per heavy atom. The predicted molar refractivity (Wildman–Crippen MR) is 84.4 cm³/mol. The lowest BCUT2D eigenvalue weighted by molar-refractivity contribution is -0.121. The van der Waals surface area contributed by atoms with E-state index in [1.807, 2.05) is 0 Å². The number of hydrogen-bond donors (Lipinski definition) is 2. The van der Waals surface area contributed by atoms with Crippen LogP contribution in [0.4, 0.5) is 10.2 Å². The number of halogens is 2. The first-order chi connectivity index (χ1) is 10.9. The Morgan fingerprint density at radius 2 is 2.09 bits per heavy atom. The second-order valence-electron chi connectivity index (χ2n) is 5.47. The molecule has 1 fully saturated rings. The van der Waals surface area contributed by atoms with Crippen molar-refractivity contribution in [1.82, 2.24) is 4.98 Å². The van der Waals surface area contributed by atoms with Crippen molar-refractivity contribution in [2.75, 3.05) is 5.73 Å². The van der Waals surface area contributed by atoms with E-state index in [2.05, 4.69) is 4.98 Å². The van der Waals surface area contributed by atoms with Gasteiger partial charge in [0.05, 0.1) is 16.6 Å². The number of rotatable bonds is 5. The molecule has 2 aromatic rings. The molecule has 3 rings (SSSR count). The summed E-state index contributed by atoms with van der Waals surface area (Å²) >= 11 is 6.02. The van der Waals surface area contributed by atoms with Crippen molar-refractivity contribution in [3.05, 3.63) is 53.3 Å². The summed E-state index contributed by atoms with van der Waals surface area (Å²) in [6, 6.07) is 6.09. The van der Waals surface area contributed by atoms with Crippen molar-refractivity contribution < 1.29 is 13.9 Å². The first-order valence-electron chi connectivity index (χ1n) is 6.94. The fourth-order valence-corrected chi connectivity index (χ4v) is 2.40. The molecule has 0 saturated heterocycles. The van der Waals surface area contributed by atoms with Crippen molar-refractivity contribution in [1.29, 1.82) is 0 Å². The average molecular weight is 335 g/mol. The van der Waals surface area contributed by atoms with E-state index < -0.39 is 17.1 Å². The van der Waals surface area contributed by atoms with E-state index in [1.54, 1.807) is 6.07 Å². The Bertz CT molecular complexity index is 761. The zero-order chi connectivity index (χ0) is 16.6. The van der Waals surface area contributed by atoms with E-state index in [1.165, 1.54) is 30.8 Å². The lowest BCUT2D eigenvalue weighted by Gasteiger charge is -2.14. The van der Waals surface area contributed by atoms with Crippen LogP contribution in [0.3, 0.4) is 0 Å². The van der Waals surface area contributed by atoms with Gasteiger partial charge in [-0.2, -0.15) is 0 Å². The minimum atomic E-state index is -0.769. The van der Waals surface area contributed by atoms with Gasteiger partial charge in [0, 0.05) is 6.42 Å². The smallest absolute Gasteiger partial charge is 0.224 e. The van der Waals surface area contributed by atoms with Crippen LogP contribution in [0.2, 0.25) is 5.02 Å². The Balaban J connectivity index is 1.90. The maximum atomic E-state index is 14.7. The van der Waals surface area contributed by atoms with Crippen LogP contribution in [-0.2, 0) is 4.79 Å². The number of carbonyl (C=O) groups excluding carboxylic acids is 1. The highest BCUT2D eigenvalue weighted by Gasteiger charge is 2.49. The van der Waals surface area contributed by atoms with Crippen molar-refractivity contribution in [2.45, 2.75) is 12.8 Å². The Kier molecular flexibility index (Phi) is 3.85. The number of pyridine rings is 1.